The van der Waals surface area contributed by atoms with E-state index in [4.69, 9.17) is 0 Å². The fourth-order valence-electron chi connectivity index (χ4n) is 3.07. The van der Waals surface area contributed by atoms with E-state index in [1.165, 1.54) is 6.07 Å². The van der Waals surface area contributed by atoms with Gasteiger partial charge in [0.15, 0.2) is 0 Å². The summed E-state index contributed by atoms with van der Waals surface area (Å²) in [5.41, 5.74) is 0.0465. The summed E-state index contributed by atoms with van der Waals surface area (Å²) in [4.78, 5) is 2.20. The summed E-state index contributed by atoms with van der Waals surface area (Å²) in [7, 11) is 0. The second kappa shape index (κ2) is 6.11. The number of piperidine rings is 1. The topological polar surface area (TPSA) is 23.5 Å². The fraction of sp³-hybridized carbons (Fsp3) is 0.647. The van der Waals surface area contributed by atoms with Crippen LogP contribution in [-0.2, 0) is 12.7 Å². The number of phenolic OH excluding ortho intramolecular Hbond substituents is 1. The highest BCUT2D eigenvalue weighted by Crippen LogP contribution is 2.36. The molecule has 2 rings (SSSR count). The second-order valence-corrected chi connectivity index (χ2v) is 7.26. The predicted octanol–water partition coefficient (Wildman–Crippen LogP) is 4.67. The van der Waals surface area contributed by atoms with Gasteiger partial charge in [-0.25, -0.2) is 0 Å². The molecule has 1 aromatic carbocycles. The minimum Gasteiger partial charge on any atom is -0.508 e. The molecule has 0 bridgehead atoms. The Labute approximate surface area is 129 Å². The SMILES string of the molecule is CC(C)(C)C1CCN(Cc2ccc(C(F)(F)F)cc2O)CC1. The molecule has 1 heterocycles. The van der Waals surface area contributed by atoms with E-state index in [0.29, 0.717) is 23.4 Å². The van der Waals surface area contributed by atoms with Crippen LogP contribution in [0, 0.1) is 11.3 Å². The van der Waals surface area contributed by atoms with Gasteiger partial charge in [-0.2, -0.15) is 13.2 Å². The Morgan fingerprint density at radius 1 is 1.14 bits per heavy atom. The first-order valence-corrected chi connectivity index (χ1v) is 7.69. The van der Waals surface area contributed by atoms with Crippen molar-refractivity contribution in [1.29, 1.82) is 0 Å². The van der Waals surface area contributed by atoms with E-state index in [1.54, 1.807) is 0 Å². The molecule has 0 atom stereocenters. The summed E-state index contributed by atoms with van der Waals surface area (Å²) in [6, 6.07) is 3.24. The highest BCUT2D eigenvalue weighted by molar-refractivity contribution is 5.37. The van der Waals surface area contributed by atoms with E-state index >= 15 is 0 Å². The van der Waals surface area contributed by atoms with Gasteiger partial charge in [0, 0.05) is 12.1 Å². The lowest BCUT2D eigenvalue weighted by Crippen LogP contribution is -2.37. The number of alkyl halides is 3. The van der Waals surface area contributed by atoms with E-state index in [-0.39, 0.29) is 5.75 Å². The molecule has 1 aromatic rings. The molecule has 1 fully saturated rings. The minimum atomic E-state index is -4.42. The number of benzene rings is 1. The average Bonchev–Trinajstić information content (AvgIpc) is 2.39. The molecule has 0 aliphatic carbocycles. The minimum absolute atomic E-state index is 0.271. The molecular formula is C17H24F3NO. The third kappa shape index (κ3) is 4.15. The van der Waals surface area contributed by atoms with E-state index in [2.05, 4.69) is 25.7 Å². The van der Waals surface area contributed by atoms with E-state index in [0.717, 1.165) is 38.1 Å². The standard InChI is InChI=1S/C17H24F3NO/c1-16(2,3)13-6-8-21(9-7-13)11-12-4-5-14(10-15(12)22)17(18,19)20/h4-5,10,13,22H,6-9,11H2,1-3H3. The third-order valence-electron chi connectivity index (χ3n) is 4.62. The Bertz CT molecular complexity index is 512. The van der Waals surface area contributed by atoms with Crippen LogP contribution in [0.4, 0.5) is 13.2 Å². The van der Waals surface area contributed by atoms with Gasteiger partial charge in [0.2, 0.25) is 0 Å². The number of aromatic hydroxyl groups is 1. The van der Waals surface area contributed by atoms with Crippen molar-refractivity contribution in [3.8, 4) is 5.75 Å². The molecule has 0 amide bonds. The number of hydrogen-bond acceptors (Lipinski definition) is 2. The van der Waals surface area contributed by atoms with Crippen molar-refractivity contribution in [3.63, 3.8) is 0 Å². The third-order valence-corrected chi connectivity index (χ3v) is 4.62. The maximum atomic E-state index is 12.6. The number of halogens is 3. The highest BCUT2D eigenvalue weighted by atomic mass is 19.4. The van der Waals surface area contributed by atoms with Gasteiger partial charge in [0.25, 0.3) is 0 Å². The van der Waals surface area contributed by atoms with Crippen LogP contribution in [0.25, 0.3) is 0 Å². The van der Waals surface area contributed by atoms with Gasteiger partial charge in [-0.3, -0.25) is 4.90 Å². The van der Waals surface area contributed by atoms with Crippen LogP contribution < -0.4 is 0 Å². The molecule has 0 spiro atoms. The summed E-state index contributed by atoms with van der Waals surface area (Å²) in [6.45, 7) is 9.07. The van der Waals surface area contributed by atoms with Crippen molar-refractivity contribution >= 4 is 0 Å². The first-order valence-electron chi connectivity index (χ1n) is 7.69. The lowest BCUT2D eigenvalue weighted by molar-refractivity contribution is -0.137. The largest absolute Gasteiger partial charge is 0.508 e. The molecule has 1 N–H and O–H groups in total. The highest BCUT2D eigenvalue weighted by Gasteiger charge is 2.32. The van der Waals surface area contributed by atoms with Crippen LogP contribution in [0.1, 0.15) is 44.7 Å². The van der Waals surface area contributed by atoms with Crippen LogP contribution in [0.15, 0.2) is 18.2 Å². The molecule has 124 valence electrons. The van der Waals surface area contributed by atoms with Crippen molar-refractivity contribution in [1.82, 2.24) is 4.90 Å². The number of rotatable bonds is 2. The average molecular weight is 315 g/mol. The zero-order chi connectivity index (χ0) is 16.5. The smallest absolute Gasteiger partial charge is 0.416 e. The number of hydrogen-bond donors (Lipinski definition) is 1. The quantitative estimate of drug-likeness (QED) is 0.857. The first-order chi connectivity index (χ1) is 10.1. The number of phenols is 1. The van der Waals surface area contributed by atoms with Crippen LogP contribution >= 0.6 is 0 Å². The van der Waals surface area contributed by atoms with Crippen molar-refractivity contribution in [2.45, 2.75) is 46.3 Å². The van der Waals surface area contributed by atoms with E-state index < -0.39 is 11.7 Å². The lowest BCUT2D eigenvalue weighted by Gasteiger charge is -2.38. The van der Waals surface area contributed by atoms with Crippen LogP contribution in [-0.4, -0.2) is 23.1 Å². The molecular weight excluding hydrogens is 291 g/mol. The molecule has 22 heavy (non-hydrogen) atoms. The summed E-state index contributed by atoms with van der Waals surface area (Å²) < 4.78 is 37.8. The summed E-state index contributed by atoms with van der Waals surface area (Å²) in [5, 5.41) is 9.84. The maximum Gasteiger partial charge on any atom is 0.416 e. The van der Waals surface area contributed by atoms with Crippen LogP contribution in [0.2, 0.25) is 0 Å². The molecule has 1 saturated heterocycles. The summed E-state index contributed by atoms with van der Waals surface area (Å²) in [6.07, 6.45) is -2.24. The Hall–Kier alpha value is -1.23. The van der Waals surface area contributed by atoms with Crippen molar-refractivity contribution in [2.75, 3.05) is 13.1 Å². The predicted molar refractivity (Wildman–Crippen MR) is 80.6 cm³/mol. The van der Waals surface area contributed by atoms with Crippen molar-refractivity contribution in [3.05, 3.63) is 29.3 Å². The number of nitrogens with zero attached hydrogens (tertiary/aromatic N) is 1. The molecule has 0 radical (unpaired) electrons. The monoisotopic (exact) mass is 315 g/mol. The zero-order valence-corrected chi connectivity index (χ0v) is 13.4. The molecule has 1 aliphatic heterocycles. The summed E-state index contributed by atoms with van der Waals surface area (Å²) >= 11 is 0. The van der Waals surface area contributed by atoms with Crippen LogP contribution in [0.3, 0.4) is 0 Å². The first kappa shape index (κ1) is 17.1. The second-order valence-electron chi connectivity index (χ2n) is 7.26. The lowest BCUT2D eigenvalue weighted by atomic mass is 9.75. The van der Waals surface area contributed by atoms with E-state index in [9.17, 15) is 18.3 Å². The molecule has 1 aliphatic rings. The van der Waals surface area contributed by atoms with Crippen molar-refractivity contribution in [2.24, 2.45) is 11.3 Å². The fourth-order valence-corrected chi connectivity index (χ4v) is 3.07. The number of likely N-dealkylation sites (tertiary alicyclic amines) is 1. The van der Waals surface area contributed by atoms with Gasteiger partial charge in [-0.1, -0.05) is 26.8 Å². The molecule has 0 unspecified atom stereocenters. The van der Waals surface area contributed by atoms with Gasteiger partial charge in [0.1, 0.15) is 5.75 Å². The van der Waals surface area contributed by atoms with Crippen LogP contribution in [0.5, 0.6) is 5.75 Å². The zero-order valence-electron chi connectivity index (χ0n) is 13.4. The van der Waals surface area contributed by atoms with E-state index in [1.807, 2.05) is 0 Å². The Morgan fingerprint density at radius 2 is 1.73 bits per heavy atom. The molecule has 0 aromatic heterocycles. The van der Waals surface area contributed by atoms with Gasteiger partial charge in [-0.05, 0) is 49.4 Å². The normalized spacial score (nSPS) is 18.6. The Kier molecular flexibility index (Phi) is 4.76. The maximum absolute atomic E-state index is 12.6. The van der Waals surface area contributed by atoms with Gasteiger partial charge in [0.05, 0.1) is 5.56 Å². The van der Waals surface area contributed by atoms with Gasteiger partial charge >= 0.3 is 6.18 Å². The molecule has 2 nitrogen and oxygen atoms in total. The van der Waals surface area contributed by atoms with Gasteiger partial charge < -0.3 is 5.11 Å². The Balaban J connectivity index is 1.98. The molecule has 0 saturated carbocycles. The van der Waals surface area contributed by atoms with Crippen molar-refractivity contribution < 1.29 is 18.3 Å². The van der Waals surface area contributed by atoms with Gasteiger partial charge in [-0.15, -0.1) is 0 Å². The Morgan fingerprint density at radius 3 is 2.18 bits per heavy atom. The molecule has 5 heteroatoms. The summed E-state index contributed by atoms with van der Waals surface area (Å²) in [5.74, 6) is 0.401.